The quantitative estimate of drug-likeness (QED) is 0.699. The Morgan fingerprint density at radius 2 is 1.86 bits per heavy atom. The topological polar surface area (TPSA) is 82.0 Å². The molecule has 0 aromatic heterocycles. The van der Waals surface area contributed by atoms with E-state index < -0.39 is 5.97 Å². The first-order valence-corrected chi connectivity index (χ1v) is 9.36. The number of aromatic carboxylic acids is 1. The molecule has 6 heteroatoms. The second kappa shape index (κ2) is 8.52. The minimum absolute atomic E-state index is 0.0426. The van der Waals surface area contributed by atoms with Crippen molar-refractivity contribution >= 4 is 29.0 Å². The fourth-order valence-electron chi connectivity index (χ4n) is 3.15. The molecule has 1 aliphatic heterocycles. The van der Waals surface area contributed by atoms with Gasteiger partial charge in [0.15, 0.2) is 0 Å². The summed E-state index contributed by atoms with van der Waals surface area (Å²) in [7, 11) is 0. The van der Waals surface area contributed by atoms with Gasteiger partial charge in [0.25, 0.3) is 5.91 Å². The van der Waals surface area contributed by atoms with Crippen molar-refractivity contribution < 1.29 is 14.7 Å². The van der Waals surface area contributed by atoms with Crippen molar-refractivity contribution in [1.29, 1.82) is 0 Å². The minimum atomic E-state index is -1.09. The average Bonchev–Trinajstić information content (AvgIpc) is 3.02. The largest absolute Gasteiger partial charge is 0.478 e. The number of carbonyl (C=O) groups is 2. The van der Waals surface area contributed by atoms with E-state index in [1.807, 2.05) is 31.2 Å². The van der Waals surface area contributed by atoms with Gasteiger partial charge < -0.3 is 10.4 Å². The van der Waals surface area contributed by atoms with Crippen molar-refractivity contribution in [3.8, 4) is 0 Å². The molecule has 1 amide bonds. The lowest BCUT2D eigenvalue weighted by Crippen LogP contribution is -2.24. The second-order valence-electron chi connectivity index (χ2n) is 6.45. The maximum atomic E-state index is 13.1. The molecular formula is C22H23N3O3. The van der Waals surface area contributed by atoms with Gasteiger partial charge in [-0.05, 0) is 36.6 Å². The van der Waals surface area contributed by atoms with Crippen LogP contribution in [-0.2, 0) is 11.2 Å². The van der Waals surface area contributed by atoms with Gasteiger partial charge in [-0.1, -0.05) is 50.6 Å². The van der Waals surface area contributed by atoms with E-state index in [9.17, 15) is 14.7 Å². The molecule has 28 heavy (non-hydrogen) atoms. The zero-order valence-corrected chi connectivity index (χ0v) is 16.0. The third-order valence-corrected chi connectivity index (χ3v) is 4.57. The summed E-state index contributed by atoms with van der Waals surface area (Å²) in [5, 5.41) is 18.3. The lowest BCUT2D eigenvalue weighted by molar-refractivity contribution is -0.114. The third-order valence-electron chi connectivity index (χ3n) is 4.57. The predicted octanol–water partition coefficient (Wildman–Crippen LogP) is 4.45. The highest BCUT2D eigenvalue weighted by atomic mass is 16.4. The Hall–Kier alpha value is -3.41. The smallest absolute Gasteiger partial charge is 0.337 e. The molecule has 0 radical (unpaired) electrons. The zero-order valence-electron chi connectivity index (χ0n) is 16.0. The number of aryl methyl sites for hydroxylation is 1. The van der Waals surface area contributed by atoms with Crippen molar-refractivity contribution in [2.24, 2.45) is 5.10 Å². The van der Waals surface area contributed by atoms with E-state index in [0.29, 0.717) is 17.7 Å². The van der Waals surface area contributed by atoms with E-state index in [2.05, 4.69) is 17.3 Å². The van der Waals surface area contributed by atoms with E-state index in [-0.39, 0.29) is 17.2 Å². The van der Waals surface area contributed by atoms with Crippen molar-refractivity contribution in [2.75, 3.05) is 10.3 Å². The molecule has 1 aliphatic rings. The normalized spacial score (nSPS) is 15.1. The molecule has 0 bridgehead atoms. The fourth-order valence-corrected chi connectivity index (χ4v) is 3.15. The number of hydrogen-bond donors (Lipinski definition) is 2. The molecule has 1 heterocycles. The van der Waals surface area contributed by atoms with E-state index >= 15 is 0 Å². The SMILES string of the molecule is CCCC1=NN(c2ccccc2C(=O)O)C(=O)/C1=C/Nc1ccccc1CC. The second-order valence-corrected chi connectivity index (χ2v) is 6.45. The Labute approximate surface area is 164 Å². The van der Waals surface area contributed by atoms with Crippen LogP contribution in [0.4, 0.5) is 11.4 Å². The number of hydrazone groups is 1. The highest BCUT2D eigenvalue weighted by Gasteiger charge is 2.32. The van der Waals surface area contributed by atoms with Crippen LogP contribution in [-0.4, -0.2) is 22.7 Å². The fraction of sp³-hybridized carbons (Fsp3) is 0.227. The van der Waals surface area contributed by atoms with Gasteiger partial charge in [-0.3, -0.25) is 4.79 Å². The van der Waals surface area contributed by atoms with Crippen LogP contribution in [0, 0.1) is 0 Å². The van der Waals surface area contributed by atoms with Crippen LogP contribution in [0.25, 0.3) is 0 Å². The van der Waals surface area contributed by atoms with E-state index in [0.717, 1.165) is 24.1 Å². The van der Waals surface area contributed by atoms with E-state index in [1.54, 1.807) is 24.4 Å². The molecular weight excluding hydrogens is 354 g/mol. The number of carboxylic acids is 1. The van der Waals surface area contributed by atoms with Crippen LogP contribution in [0.15, 0.2) is 65.4 Å². The van der Waals surface area contributed by atoms with Gasteiger partial charge >= 0.3 is 5.97 Å². The number of nitrogens with zero attached hydrogens (tertiary/aromatic N) is 2. The Balaban J connectivity index is 1.96. The summed E-state index contributed by atoms with van der Waals surface area (Å²) in [6.07, 6.45) is 3.99. The highest BCUT2D eigenvalue weighted by Crippen LogP contribution is 2.28. The molecule has 6 nitrogen and oxygen atoms in total. The number of para-hydroxylation sites is 2. The van der Waals surface area contributed by atoms with E-state index in [4.69, 9.17) is 0 Å². The van der Waals surface area contributed by atoms with Gasteiger partial charge in [-0.15, -0.1) is 0 Å². The molecule has 3 rings (SSSR count). The molecule has 0 atom stereocenters. The molecule has 2 aromatic carbocycles. The minimum Gasteiger partial charge on any atom is -0.478 e. The summed E-state index contributed by atoms with van der Waals surface area (Å²) < 4.78 is 0. The molecule has 0 unspecified atom stereocenters. The summed E-state index contributed by atoms with van der Waals surface area (Å²) >= 11 is 0. The van der Waals surface area contributed by atoms with Gasteiger partial charge in [-0.2, -0.15) is 10.1 Å². The first-order valence-electron chi connectivity index (χ1n) is 9.36. The Morgan fingerprint density at radius 1 is 1.14 bits per heavy atom. The monoisotopic (exact) mass is 377 g/mol. The van der Waals surface area contributed by atoms with E-state index in [1.165, 1.54) is 11.1 Å². The van der Waals surface area contributed by atoms with Crippen molar-refractivity contribution in [3.63, 3.8) is 0 Å². The lowest BCUT2D eigenvalue weighted by atomic mass is 10.1. The third kappa shape index (κ3) is 3.81. The number of anilines is 2. The van der Waals surface area contributed by atoms with Gasteiger partial charge in [0.2, 0.25) is 0 Å². The van der Waals surface area contributed by atoms with Crippen LogP contribution >= 0.6 is 0 Å². The number of carboxylic acid groups (broad SMARTS) is 1. The van der Waals surface area contributed by atoms with Crippen LogP contribution in [0.2, 0.25) is 0 Å². The Bertz CT molecular complexity index is 963. The van der Waals surface area contributed by atoms with Gasteiger partial charge in [-0.25, -0.2) is 4.79 Å². The molecule has 0 spiro atoms. The summed E-state index contributed by atoms with van der Waals surface area (Å²) in [6, 6.07) is 14.3. The first-order chi connectivity index (χ1) is 13.6. The Morgan fingerprint density at radius 3 is 2.57 bits per heavy atom. The van der Waals surface area contributed by atoms with Crippen LogP contribution in [0.1, 0.15) is 42.6 Å². The molecule has 2 aromatic rings. The summed E-state index contributed by atoms with van der Waals surface area (Å²) in [5.74, 6) is -1.43. The average molecular weight is 377 g/mol. The summed E-state index contributed by atoms with van der Waals surface area (Å²) in [4.78, 5) is 24.6. The van der Waals surface area contributed by atoms with Gasteiger partial charge in [0.05, 0.1) is 22.5 Å². The number of amides is 1. The number of nitrogens with one attached hydrogen (secondary N) is 1. The lowest BCUT2D eigenvalue weighted by Gasteiger charge is -2.14. The summed E-state index contributed by atoms with van der Waals surface area (Å²) in [5.41, 5.74) is 3.49. The van der Waals surface area contributed by atoms with Crippen LogP contribution in [0.5, 0.6) is 0 Å². The number of carbonyl (C=O) groups excluding carboxylic acids is 1. The maximum absolute atomic E-state index is 13.1. The van der Waals surface area contributed by atoms with Gasteiger partial charge in [0, 0.05) is 11.9 Å². The first kappa shape index (κ1) is 19.4. The molecule has 0 saturated carbocycles. The Kier molecular flexibility index (Phi) is 5.89. The molecule has 0 saturated heterocycles. The predicted molar refractivity (Wildman–Crippen MR) is 111 cm³/mol. The standard InChI is InChI=1S/C22H23N3O3/c1-3-9-19-17(14-23-18-12-7-5-10-15(18)4-2)21(26)25(24-19)20-13-8-6-11-16(20)22(27)28/h5-8,10-14,23H,3-4,9H2,1-2H3,(H,27,28)/b17-14+. The number of rotatable bonds is 7. The van der Waals surface area contributed by atoms with Gasteiger partial charge in [0.1, 0.15) is 0 Å². The highest BCUT2D eigenvalue weighted by molar-refractivity contribution is 6.31. The van der Waals surface area contributed by atoms with Crippen molar-refractivity contribution in [3.05, 3.63) is 71.4 Å². The molecule has 144 valence electrons. The van der Waals surface area contributed by atoms with Crippen molar-refractivity contribution in [2.45, 2.75) is 33.1 Å². The molecule has 0 fully saturated rings. The maximum Gasteiger partial charge on any atom is 0.337 e. The number of hydrogen-bond acceptors (Lipinski definition) is 4. The molecule has 0 aliphatic carbocycles. The number of benzene rings is 2. The van der Waals surface area contributed by atoms with Crippen LogP contribution < -0.4 is 10.3 Å². The molecule has 2 N–H and O–H groups in total. The summed E-state index contributed by atoms with van der Waals surface area (Å²) in [6.45, 7) is 4.08. The zero-order chi connectivity index (χ0) is 20.1. The van der Waals surface area contributed by atoms with Crippen molar-refractivity contribution in [1.82, 2.24) is 0 Å². The van der Waals surface area contributed by atoms with Crippen LogP contribution in [0.3, 0.4) is 0 Å².